The third-order valence-corrected chi connectivity index (χ3v) is 14.5. The summed E-state index contributed by atoms with van der Waals surface area (Å²) in [5.74, 6) is 7.74. The first kappa shape index (κ1) is 50.6. The van der Waals surface area contributed by atoms with Crippen molar-refractivity contribution < 1.29 is 18.9 Å². The van der Waals surface area contributed by atoms with Gasteiger partial charge in [-0.1, -0.05) is 159 Å². The van der Waals surface area contributed by atoms with Crippen molar-refractivity contribution in [2.24, 2.45) is 67.3 Å². The van der Waals surface area contributed by atoms with Crippen molar-refractivity contribution in [3.05, 3.63) is 106 Å². The lowest BCUT2D eigenvalue weighted by molar-refractivity contribution is 0.105. The second-order valence-corrected chi connectivity index (χ2v) is 23.0. The number of aromatic amines is 2. The van der Waals surface area contributed by atoms with Gasteiger partial charge in [0.25, 0.3) is 0 Å². The molecule has 4 N–H and O–H groups in total. The van der Waals surface area contributed by atoms with Gasteiger partial charge in [0.05, 0.1) is 21.9 Å². The molecular weight excluding hydrogens is 897 g/mol. The summed E-state index contributed by atoms with van der Waals surface area (Å²) in [7, 11) is 0. The maximum absolute atomic E-state index is 7.05. The molecule has 6 aromatic rings. The quantitative estimate of drug-likeness (QED) is 0.0761. The summed E-state index contributed by atoms with van der Waals surface area (Å²) in [5.41, 5.74) is 4.86. The zero-order chi connectivity index (χ0) is 51.4. The number of aromatic nitrogens is 2. The Balaban J connectivity index is 1.36. The highest BCUT2D eigenvalue weighted by Crippen LogP contribution is 2.45. The van der Waals surface area contributed by atoms with Gasteiger partial charge in [0.15, 0.2) is 5.84 Å². The lowest BCUT2D eigenvalue weighted by Gasteiger charge is -2.27. The van der Waals surface area contributed by atoms with Crippen LogP contribution in [0, 0.1) is 47.3 Å². The van der Waals surface area contributed by atoms with E-state index in [1.54, 1.807) is 0 Å². The Bertz CT molecular complexity index is 3110. The van der Waals surface area contributed by atoms with E-state index >= 15 is 0 Å². The molecule has 0 saturated carbocycles. The average Bonchev–Trinajstić information content (AvgIpc) is 4.06. The first-order valence-corrected chi connectivity index (χ1v) is 26.7. The van der Waals surface area contributed by atoms with Crippen molar-refractivity contribution in [3.8, 4) is 23.0 Å². The maximum atomic E-state index is 7.05. The Morgan fingerprint density at radius 2 is 0.833 bits per heavy atom. The molecule has 0 spiro atoms. The molecule has 0 amide bonds. The predicted molar refractivity (Wildman–Crippen MR) is 293 cm³/mol. The Kier molecular flexibility index (Phi) is 14.3. The number of rotatable bonds is 16. The molecule has 3 aliphatic heterocycles. The van der Waals surface area contributed by atoms with Crippen LogP contribution in [0.15, 0.2) is 92.8 Å². The molecule has 0 saturated heterocycles. The Labute approximate surface area is 426 Å². The first-order valence-electron chi connectivity index (χ1n) is 26.7. The van der Waals surface area contributed by atoms with E-state index in [1.165, 1.54) is 0 Å². The molecule has 3 aliphatic rings. The van der Waals surface area contributed by atoms with Gasteiger partial charge in [0, 0.05) is 21.9 Å². The van der Waals surface area contributed by atoms with Gasteiger partial charge in [-0.2, -0.15) is 0 Å². The highest BCUT2D eigenvalue weighted by atomic mass is 16.5. The van der Waals surface area contributed by atoms with Crippen LogP contribution < -0.4 is 40.6 Å². The van der Waals surface area contributed by atoms with Gasteiger partial charge in [0.1, 0.15) is 88.2 Å². The smallest absolute Gasteiger partial charge is 0.163 e. The fourth-order valence-electron chi connectivity index (χ4n) is 11.4. The van der Waals surface area contributed by atoms with Crippen molar-refractivity contribution in [1.29, 1.82) is 0 Å². The molecule has 8 bridgehead atoms. The van der Waals surface area contributed by atoms with Gasteiger partial charge < -0.3 is 39.5 Å². The molecule has 2 atom stereocenters. The van der Waals surface area contributed by atoms with E-state index in [9.17, 15) is 0 Å². The summed E-state index contributed by atoms with van der Waals surface area (Å²) in [5, 5.41) is 11.2. The number of nitrogens with one attached hydrogen (secondary N) is 4. The molecule has 4 aromatic carbocycles. The standard InChI is InChI=1S/C60H78N8O4/c1-29(2)49(30(3)4)69-41-25-17-21-37-45(41)57-61-53(37)66-58-47-39(23-19-27-43(47)71-51(33(9)10)34(11)12)55(63-58)68-60-48-40(24-20-28-44(48)72-52(35(13)14)36(15)16)56(64-60)67-59-46-38(54(62-59)65-57)22-18-26-42(46)70-50(31(5)6)32(7)8/h17-36,49-53,56,62,67H,1-16H3,(H,61,65)(H,63,64,66,68). The third-order valence-electron chi connectivity index (χ3n) is 14.5. The summed E-state index contributed by atoms with van der Waals surface area (Å²) in [6.07, 6.45) is -1.28. The second kappa shape index (κ2) is 20.3. The van der Waals surface area contributed by atoms with E-state index in [0.717, 1.165) is 72.6 Å². The predicted octanol–water partition coefficient (Wildman–Crippen LogP) is 13.4. The maximum Gasteiger partial charge on any atom is 0.163 e. The number of fused-ring (bicyclic) bond motifs is 19. The number of nitrogens with zero attached hydrogens (tertiary/aromatic N) is 4. The molecule has 2 aromatic heterocycles. The van der Waals surface area contributed by atoms with Crippen LogP contribution >= 0.6 is 0 Å². The van der Waals surface area contributed by atoms with Crippen molar-refractivity contribution in [3.63, 3.8) is 0 Å². The van der Waals surface area contributed by atoms with Crippen LogP contribution in [-0.2, 0) is 0 Å². The summed E-state index contributed by atoms with van der Waals surface area (Å²) in [4.78, 5) is 29.7. The van der Waals surface area contributed by atoms with E-state index < -0.39 is 12.3 Å². The summed E-state index contributed by atoms with van der Waals surface area (Å²) >= 11 is 0. The molecule has 0 fully saturated rings. The SMILES string of the molecule is CC(C)C(Oc1cccc2c1C1=NC2Nc2[nH]c(c3cccc(OC(C(C)C)C(C)C)c23)/N=C2\NC(/N=c3\[nH]/c(c4cccc(OC(C(C)C)C(C)C)c34)=N\1)c1cccc(OC(C(C)C)C(C)C)c12)C(C)C. The topological polar surface area (TPSA) is 142 Å². The van der Waals surface area contributed by atoms with Crippen molar-refractivity contribution in [2.75, 3.05) is 5.32 Å². The molecule has 0 aliphatic carbocycles. The molecule has 2 unspecified atom stereocenters. The number of hydrogen-bond donors (Lipinski definition) is 4. The van der Waals surface area contributed by atoms with Gasteiger partial charge in [-0.25, -0.2) is 20.0 Å². The summed E-state index contributed by atoms with van der Waals surface area (Å²) in [6, 6.07) is 24.9. The van der Waals surface area contributed by atoms with Gasteiger partial charge in [-0.3, -0.25) is 0 Å². The molecule has 0 radical (unpaired) electrons. The average molecular weight is 975 g/mol. The Hall–Kier alpha value is -6.30. The van der Waals surface area contributed by atoms with Crippen LogP contribution in [0.4, 0.5) is 11.6 Å². The summed E-state index contributed by atoms with van der Waals surface area (Å²) < 4.78 is 28.2. The second-order valence-electron chi connectivity index (χ2n) is 23.0. The molecule has 12 nitrogen and oxygen atoms in total. The molecule has 12 heteroatoms. The molecule has 5 heterocycles. The number of ether oxygens (including phenoxy) is 4. The highest BCUT2D eigenvalue weighted by Gasteiger charge is 2.36. The van der Waals surface area contributed by atoms with Crippen LogP contribution in [0.3, 0.4) is 0 Å². The normalized spacial score (nSPS) is 18.2. The number of aliphatic imine (C=N–C) groups is 2. The minimum Gasteiger partial charge on any atom is -0.489 e. The number of benzene rings is 4. The first-order chi connectivity index (χ1) is 34.3. The van der Waals surface area contributed by atoms with Crippen LogP contribution in [0.5, 0.6) is 23.0 Å². The van der Waals surface area contributed by atoms with E-state index in [0.29, 0.717) is 28.5 Å². The van der Waals surface area contributed by atoms with Crippen LogP contribution in [0.1, 0.15) is 145 Å². The van der Waals surface area contributed by atoms with Crippen LogP contribution in [-0.4, -0.2) is 46.1 Å². The van der Waals surface area contributed by atoms with E-state index in [1.807, 2.05) is 6.07 Å². The van der Waals surface area contributed by atoms with E-state index in [-0.39, 0.29) is 71.8 Å². The van der Waals surface area contributed by atoms with Gasteiger partial charge in [-0.05, 0) is 71.6 Å². The van der Waals surface area contributed by atoms with Gasteiger partial charge in [0.2, 0.25) is 0 Å². The fraction of sp³-hybridized carbons (Fsp3) is 0.500. The number of anilines is 1. The third kappa shape index (κ3) is 9.58. The molecule has 9 rings (SSSR count). The van der Waals surface area contributed by atoms with Crippen molar-refractivity contribution in [1.82, 2.24) is 15.3 Å². The van der Waals surface area contributed by atoms with Gasteiger partial charge in [-0.15, -0.1) is 0 Å². The lowest BCUT2D eigenvalue weighted by atomic mass is 9.96. The Morgan fingerprint density at radius 1 is 0.403 bits per heavy atom. The van der Waals surface area contributed by atoms with E-state index in [2.05, 4.69) is 198 Å². The molecule has 382 valence electrons. The number of H-pyrrole nitrogens is 2. The van der Waals surface area contributed by atoms with Crippen molar-refractivity contribution >= 4 is 44.9 Å². The van der Waals surface area contributed by atoms with Crippen molar-refractivity contribution in [2.45, 2.75) is 148 Å². The van der Waals surface area contributed by atoms with E-state index in [4.69, 9.17) is 38.9 Å². The molecule has 72 heavy (non-hydrogen) atoms. The fourth-order valence-corrected chi connectivity index (χ4v) is 11.4. The largest absolute Gasteiger partial charge is 0.489 e. The van der Waals surface area contributed by atoms with Gasteiger partial charge >= 0.3 is 0 Å². The van der Waals surface area contributed by atoms with Crippen LogP contribution in [0.2, 0.25) is 0 Å². The minimum absolute atomic E-state index is 0.0342. The monoisotopic (exact) mass is 975 g/mol. The minimum atomic E-state index is -0.561. The zero-order valence-corrected chi connectivity index (χ0v) is 45.4. The highest BCUT2D eigenvalue weighted by molar-refractivity contribution is 6.11. The Morgan fingerprint density at radius 3 is 1.36 bits per heavy atom. The lowest BCUT2D eigenvalue weighted by Crippen LogP contribution is -2.29. The zero-order valence-electron chi connectivity index (χ0n) is 45.4. The summed E-state index contributed by atoms with van der Waals surface area (Å²) in [6.45, 7) is 35.4. The number of amidine groups is 2. The van der Waals surface area contributed by atoms with Crippen LogP contribution in [0.25, 0.3) is 21.5 Å². The molecular formula is C60H78N8O4. The number of hydrogen-bond acceptors (Lipinski definition) is 10.